The molecule has 1 saturated heterocycles. The highest BCUT2D eigenvalue weighted by molar-refractivity contribution is 5.53. The Hall–Kier alpha value is -2.54. The van der Waals surface area contributed by atoms with Gasteiger partial charge in [0.2, 0.25) is 11.7 Å². The average Bonchev–Trinajstić information content (AvgIpc) is 3.28. The molecule has 4 heterocycles. The molecule has 1 atom stereocenters. The largest absolute Gasteiger partial charge is 0.337 e. The Morgan fingerprint density at radius 3 is 2.95 bits per heavy atom. The highest BCUT2D eigenvalue weighted by Crippen LogP contribution is 2.30. The van der Waals surface area contributed by atoms with Crippen molar-refractivity contribution in [3.05, 3.63) is 42.9 Å². The summed E-state index contributed by atoms with van der Waals surface area (Å²) in [5.74, 6) is 2.08. The van der Waals surface area contributed by atoms with Gasteiger partial charge in [0, 0.05) is 24.2 Å². The predicted octanol–water partition coefficient (Wildman–Crippen LogP) is 2.08. The molecular weight excluding hydrogens is 280 g/mol. The topological polar surface area (TPSA) is 72.9 Å². The Morgan fingerprint density at radius 1 is 1.32 bits per heavy atom. The quantitative estimate of drug-likeness (QED) is 0.737. The first kappa shape index (κ1) is 13.1. The SMILES string of the molecule is CN1CCC[C@H]1c1nc(-c2ccc(-n3ccnc3)nc2)no1. The predicted molar refractivity (Wildman–Crippen MR) is 79.3 cm³/mol. The summed E-state index contributed by atoms with van der Waals surface area (Å²) in [6.45, 7) is 1.07. The molecule has 1 aliphatic rings. The molecule has 0 spiro atoms. The summed E-state index contributed by atoms with van der Waals surface area (Å²) in [5, 5.41) is 4.09. The summed E-state index contributed by atoms with van der Waals surface area (Å²) in [5.41, 5.74) is 0.847. The maximum absolute atomic E-state index is 5.43. The minimum Gasteiger partial charge on any atom is -0.337 e. The van der Waals surface area contributed by atoms with Crippen molar-refractivity contribution >= 4 is 0 Å². The van der Waals surface area contributed by atoms with Gasteiger partial charge in [-0.25, -0.2) is 9.97 Å². The van der Waals surface area contributed by atoms with Gasteiger partial charge in [0.15, 0.2) is 0 Å². The van der Waals surface area contributed by atoms with E-state index in [9.17, 15) is 0 Å². The van der Waals surface area contributed by atoms with Gasteiger partial charge >= 0.3 is 0 Å². The lowest BCUT2D eigenvalue weighted by Crippen LogP contribution is -2.17. The Balaban J connectivity index is 1.58. The van der Waals surface area contributed by atoms with Crippen molar-refractivity contribution in [3.8, 4) is 17.2 Å². The van der Waals surface area contributed by atoms with E-state index in [1.54, 1.807) is 18.7 Å². The van der Waals surface area contributed by atoms with Crippen LogP contribution in [0.4, 0.5) is 0 Å². The Bertz CT molecular complexity index is 749. The lowest BCUT2D eigenvalue weighted by Gasteiger charge is -2.14. The van der Waals surface area contributed by atoms with Gasteiger partial charge in [-0.2, -0.15) is 4.98 Å². The molecule has 1 aliphatic heterocycles. The summed E-state index contributed by atoms with van der Waals surface area (Å²) in [4.78, 5) is 15.2. The van der Waals surface area contributed by atoms with E-state index in [-0.39, 0.29) is 6.04 Å². The molecule has 0 aliphatic carbocycles. The van der Waals surface area contributed by atoms with E-state index in [0.29, 0.717) is 11.7 Å². The molecule has 0 radical (unpaired) electrons. The zero-order valence-electron chi connectivity index (χ0n) is 12.3. The molecule has 0 aromatic carbocycles. The van der Waals surface area contributed by atoms with Crippen LogP contribution in [0, 0.1) is 0 Å². The average molecular weight is 296 g/mol. The summed E-state index contributed by atoms with van der Waals surface area (Å²) in [6.07, 6.45) is 9.27. The van der Waals surface area contributed by atoms with E-state index >= 15 is 0 Å². The minimum absolute atomic E-state index is 0.236. The summed E-state index contributed by atoms with van der Waals surface area (Å²) < 4.78 is 7.28. The molecule has 1 fully saturated rings. The van der Waals surface area contributed by atoms with Crippen molar-refractivity contribution in [2.75, 3.05) is 13.6 Å². The van der Waals surface area contributed by atoms with Crippen LogP contribution in [-0.4, -0.2) is 43.2 Å². The zero-order valence-corrected chi connectivity index (χ0v) is 12.3. The van der Waals surface area contributed by atoms with Crippen LogP contribution in [0.1, 0.15) is 24.8 Å². The van der Waals surface area contributed by atoms with Gasteiger partial charge in [-0.15, -0.1) is 0 Å². The molecule has 7 nitrogen and oxygen atoms in total. The van der Waals surface area contributed by atoms with Crippen molar-refractivity contribution < 1.29 is 4.52 Å². The second-order valence-corrected chi connectivity index (χ2v) is 5.47. The van der Waals surface area contributed by atoms with E-state index in [2.05, 4.69) is 32.1 Å². The molecule has 0 amide bonds. The van der Waals surface area contributed by atoms with Crippen molar-refractivity contribution in [1.29, 1.82) is 0 Å². The van der Waals surface area contributed by atoms with Crippen LogP contribution in [0.5, 0.6) is 0 Å². The van der Waals surface area contributed by atoms with Crippen molar-refractivity contribution in [1.82, 2.24) is 29.6 Å². The zero-order chi connectivity index (χ0) is 14.9. The van der Waals surface area contributed by atoms with Gasteiger partial charge in [-0.05, 0) is 38.6 Å². The van der Waals surface area contributed by atoms with Crippen molar-refractivity contribution in [2.24, 2.45) is 0 Å². The molecule has 112 valence electrons. The van der Waals surface area contributed by atoms with Gasteiger partial charge in [-0.1, -0.05) is 5.16 Å². The molecule has 3 aromatic heterocycles. The Kier molecular flexibility index (Phi) is 3.19. The van der Waals surface area contributed by atoms with E-state index in [1.807, 2.05) is 22.9 Å². The number of imidazole rings is 1. The number of likely N-dealkylation sites (tertiary alicyclic amines) is 1. The normalized spacial score (nSPS) is 18.9. The fourth-order valence-electron chi connectivity index (χ4n) is 2.78. The fraction of sp³-hybridized carbons (Fsp3) is 0.333. The van der Waals surface area contributed by atoms with Crippen LogP contribution in [0.3, 0.4) is 0 Å². The van der Waals surface area contributed by atoms with Crippen LogP contribution in [0.2, 0.25) is 0 Å². The van der Waals surface area contributed by atoms with Gasteiger partial charge in [-0.3, -0.25) is 9.47 Å². The van der Waals surface area contributed by atoms with Crippen LogP contribution < -0.4 is 0 Å². The maximum atomic E-state index is 5.43. The van der Waals surface area contributed by atoms with E-state index in [4.69, 9.17) is 4.52 Å². The first-order chi connectivity index (χ1) is 10.8. The van der Waals surface area contributed by atoms with Crippen LogP contribution in [-0.2, 0) is 0 Å². The van der Waals surface area contributed by atoms with Gasteiger partial charge in [0.25, 0.3) is 0 Å². The van der Waals surface area contributed by atoms with Crippen LogP contribution in [0.15, 0.2) is 41.6 Å². The van der Waals surface area contributed by atoms with E-state index in [0.717, 1.165) is 24.3 Å². The number of hydrogen-bond acceptors (Lipinski definition) is 6. The molecule has 0 unspecified atom stereocenters. The number of rotatable bonds is 3. The first-order valence-corrected chi connectivity index (χ1v) is 7.30. The van der Waals surface area contributed by atoms with Crippen LogP contribution >= 0.6 is 0 Å². The number of aromatic nitrogens is 5. The monoisotopic (exact) mass is 296 g/mol. The molecular formula is C15H16N6O. The number of nitrogens with zero attached hydrogens (tertiary/aromatic N) is 6. The highest BCUT2D eigenvalue weighted by Gasteiger charge is 2.27. The second-order valence-electron chi connectivity index (χ2n) is 5.47. The molecule has 0 bridgehead atoms. The standard InChI is InChI=1S/C15H16N6O/c1-20-7-2-3-12(20)15-18-14(19-22-15)11-4-5-13(17-9-11)21-8-6-16-10-21/h4-6,8-10,12H,2-3,7H2,1H3/t12-/m0/s1. The molecule has 4 rings (SSSR count). The van der Waals surface area contributed by atoms with Gasteiger partial charge in [0.05, 0.1) is 6.04 Å². The van der Waals surface area contributed by atoms with E-state index < -0.39 is 0 Å². The van der Waals surface area contributed by atoms with Gasteiger partial charge in [0.1, 0.15) is 12.1 Å². The van der Waals surface area contributed by atoms with E-state index in [1.165, 1.54) is 6.42 Å². The number of pyridine rings is 1. The smallest absolute Gasteiger partial charge is 0.244 e. The molecule has 22 heavy (non-hydrogen) atoms. The highest BCUT2D eigenvalue weighted by atomic mass is 16.5. The number of hydrogen-bond donors (Lipinski definition) is 0. The molecule has 7 heteroatoms. The summed E-state index contributed by atoms with van der Waals surface area (Å²) >= 11 is 0. The third-order valence-electron chi connectivity index (χ3n) is 4.02. The molecule has 0 saturated carbocycles. The Labute approximate surface area is 127 Å². The fourth-order valence-corrected chi connectivity index (χ4v) is 2.78. The van der Waals surface area contributed by atoms with Crippen molar-refractivity contribution in [2.45, 2.75) is 18.9 Å². The minimum atomic E-state index is 0.236. The Morgan fingerprint density at radius 2 is 2.27 bits per heavy atom. The first-order valence-electron chi connectivity index (χ1n) is 7.30. The second kappa shape index (κ2) is 5.34. The lowest BCUT2D eigenvalue weighted by atomic mass is 10.2. The van der Waals surface area contributed by atoms with Gasteiger partial charge < -0.3 is 4.52 Å². The third-order valence-corrected chi connectivity index (χ3v) is 4.02. The molecule has 0 N–H and O–H groups in total. The summed E-state index contributed by atoms with van der Waals surface area (Å²) in [7, 11) is 2.09. The maximum Gasteiger partial charge on any atom is 0.244 e. The van der Waals surface area contributed by atoms with Crippen molar-refractivity contribution in [3.63, 3.8) is 0 Å². The third kappa shape index (κ3) is 2.29. The van der Waals surface area contributed by atoms with Crippen LogP contribution in [0.25, 0.3) is 17.2 Å². The molecule has 3 aromatic rings. The lowest BCUT2D eigenvalue weighted by molar-refractivity contribution is 0.245. The summed E-state index contributed by atoms with van der Waals surface area (Å²) in [6, 6.07) is 4.09.